The van der Waals surface area contributed by atoms with Crippen molar-refractivity contribution in [2.45, 2.75) is 30.8 Å². The van der Waals surface area contributed by atoms with Crippen molar-refractivity contribution in [3.63, 3.8) is 0 Å². The van der Waals surface area contributed by atoms with Gasteiger partial charge in [-0.2, -0.15) is 9.40 Å². The van der Waals surface area contributed by atoms with Gasteiger partial charge in [0.05, 0.1) is 41.9 Å². The van der Waals surface area contributed by atoms with Gasteiger partial charge in [-0.25, -0.2) is 17.2 Å². The molecule has 2 amide bonds. The molecule has 0 bridgehead atoms. The Hall–Kier alpha value is -3.76. The molecular formula is C29H32F2N6O6S. The van der Waals surface area contributed by atoms with Gasteiger partial charge < -0.3 is 20.1 Å². The van der Waals surface area contributed by atoms with Gasteiger partial charge in [-0.15, -0.1) is 0 Å². The summed E-state index contributed by atoms with van der Waals surface area (Å²) in [6.07, 6.45) is 0.831. The van der Waals surface area contributed by atoms with Crippen LogP contribution in [0.5, 0.6) is 0 Å². The van der Waals surface area contributed by atoms with E-state index in [9.17, 15) is 26.8 Å². The molecule has 2 saturated heterocycles. The Bertz CT molecular complexity index is 1650. The van der Waals surface area contributed by atoms with Gasteiger partial charge in [0, 0.05) is 63.1 Å². The maximum Gasteiger partial charge on any atom is 0.258 e. The number of rotatable bonds is 8. The van der Waals surface area contributed by atoms with Crippen LogP contribution < -0.4 is 10.6 Å². The quantitative estimate of drug-likeness (QED) is 0.344. The third-order valence-corrected chi connectivity index (χ3v) is 9.82. The number of H-pyrrole nitrogens is 1. The number of benzene rings is 2. The molecule has 1 aromatic heterocycles. The second-order valence-electron chi connectivity index (χ2n) is 11.0. The molecule has 0 spiro atoms. The van der Waals surface area contributed by atoms with Gasteiger partial charge in [0.15, 0.2) is 5.82 Å². The highest BCUT2D eigenvalue weighted by atomic mass is 32.2. The first-order valence-electron chi connectivity index (χ1n) is 14.3. The molecule has 3 aromatic rings. The minimum absolute atomic E-state index is 0.0503. The molecule has 234 valence electrons. The Morgan fingerprint density at radius 2 is 1.77 bits per heavy atom. The molecule has 6 rings (SSSR count). The monoisotopic (exact) mass is 630 g/mol. The number of anilines is 2. The fourth-order valence-corrected chi connectivity index (χ4v) is 7.02. The molecule has 2 aromatic carbocycles. The van der Waals surface area contributed by atoms with Crippen LogP contribution in [-0.4, -0.2) is 85.7 Å². The van der Waals surface area contributed by atoms with E-state index >= 15 is 0 Å². The predicted molar refractivity (Wildman–Crippen MR) is 154 cm³/mol. The Labute approximate surface area is 252 Å². The summed E-state index contributed by atoms with van der Waals surface area (Å²) in [5.41, 5.74) is 2.52. The van der Waals surface area contributed by atoms with E-state index in [-0.39, 0.29) is 42.7 Å². The SMILES string of the molecule is O=C(Nc1n[nH]c2c1CN(S(=O)(=O)c1cc(F)cc(F)c1)CC2)c1ccc(CN2CCOCC2)cc1NC(=O)C1CCOC1. The molecule has 12 nitrogen and oxygen atoms in total. The lowest BCUT2D eigenvalue weighted by molar-refractivity contribution is -0.119. The highest BCUT2D eigenvalue weighted by Crippen LogP contribution is 2.30. The van der Waals surface area contributed by atoms with Crippen molar-refractivity contribution in [1.29, 1.82) is 0 Å². The number of nitrogens with one attached hydrogen (secondary N) is 3. The van der Waals surface area contributed by atoms with E-state index < -0.39 is 32.5 Å². The molecule has 1 atom stereocenters. The number of carbonyl (C=O) groups is 2. The lowest BCUT2D eigenvalue weighted by Crippen LogP contribution is -2.36. The summed E-state index contributed by atoms with van der Waals surface area (Å²) in [5.74, 6) is -3.01. The highest BCUT2D eigenvalue weighted by Gasteiger charge is 2.33. The minimum Gasteiger partial charge on any atom is -0.381 e. The van der Waals surface area contributed by atoms with Gasteiger partial charge in [-0.1, -0.05) is 6.07 Å². The zero-order valence-electron chi connectivity index (χ0n) is 23.8. The van der Waals surface area contributed by atoms with Gasteiger partial charge in [0.2, 0.25) is 15.9 Å². The van der Waals surface area contributed by atoms with Crippen LogP contribution in [0.4, 0.5) is 20.3 Å². The summed E-state index contributed by atoms with van der Waals surface area (Å²) in [5, 5.41) is 12.7. The van der Waals surface area contributed by atoms with Crippen molar-refractivity contribution in [1.82, 2.24) is 19.4 Å². The third kappa shape index (κ3) is 6.51. The number of halogens is 2. The van der Waals surface area contributed by atoms with Crippen molar-refractivity contribution in [2.24, 2.45) is 5.92 Å². The molecule has 2 fully saturated rings. The lowest BCUT2D eigenvalue weighted by atomic mass is 10.0. The average molecular weight is 631 g/mol. The normalized spacial score (nSPS) is 19.5. The average Bonchev–Trinajstić information content (AvgIpc) is 3.68. The van der Waals surface area contributed by atoms with E-state index in [2.05, 4.69) is 25.7 Å². The van der Waals surface area contributed by atoms with Gasteiger partial charge in [0.25, 0.3) is 5.91 Å². The largest absolute Gasteiger partial charge is 0.381 e. The van der Waals surface area contributed by atoms with E-state index in [0.717, 1.165) is 35.1 Å². The van der Waals surface area contributed by atoms with Crippen molar-refractivity contribution >= 4 is 33.3 Å². The number of sulfonamides is 1. The fourth-order valence-electron chi connectivity index (χ4n) is 5.56. The Morgan fingerprint density at radius 3 is 2.50 bits per heavy atom. The smallest absolute Gasteiger partial charge is 0.258 e. The van der Waals surface area contributed by atoms with E-state index in [4.69, 9.17) is 9.47 Å². The van der Waals surface area contributed by atoms with E-state index in [1.54, 1.807) is 12.1 Å². The van der Waals surface area contributed by atoms with Gasteiger partial charge in [0.1, 0.15) is 11.6 Å². The van der Waals surface area contributed by atoms with Crippen LogP contribution >= 0.6 is 0 Å². The maximum absolute atomic E-state index is 13.8. The number of hydrogen-bond donors (Lipinski definition) is 3. The molecule has 0 radical (unpaired) electrons. The number of aromatic nitrogens is 2. The summed E-state index contributed by atoms with van der Waals surface area (Å²) in [7, 11) is -4.24. The van der Waals surface area contributed by atoms with Crippen LogP contribution in [0.3, 0.4) is 0 Å². The molecule has 15 heteroatoms. The van der Waals surface area contributed by atoms with Crippen LogP contribution in [0.25, 0.3) is 0 Å². The Balaban J connectivity index is 1.23. The number of amides is 2. The van der Waals surface area contributed by atoms with E-state index in [1.165, 1.54) is 0 Å². The standard InChI is InChI=1S/C29H32F2N6O6S/c30-20-12-21(31)14-22(13-20)44(40,41)37-5-3-25-24(16-37)27(35-34-25)33-29(39)23-2-1-18(15-36-6-9-42-10-7-36)11-26(23)32-28(38)19-4-8-43-17-19/h1-2,11-14,19H,3-10,15-17H2,(H,32,38)(H2,33,34,35,39). The van der Waals surface area contributed by atoms with Gasteiger partial charge in [-0.3, -0.25) is 19.6 Å². The highest BCUT2D eigenvalue weighted by molar-refractivity contribution is 7.89. The number of ether oxygens (including phenoxy) is 2. The summed E-state index contributed by atoms with van der Waals surface area (Å²) >= 11 is 0. The number of morpholine rings is 1. The van der Waals surface area contributed by atoms with Crippen molar-refractivity contribution in [3.8, 4) is 0 Å². The molecule has 1 unspecified atom stereocenters. The van der Waals surface area contributed by atoms with E-state index in [0.29, 0.717) is 62.4 Å². The van der Waals surface area contributed by atoms with Crippen LogP contribution in [0.15, 0.2) is 41.3 Å². The number of carbonyl (C=O) groups excluding carboxylic acids is 2. The molecule has 0 saturated carbocycles. The van der Waals surface area contributed by atoms with E-state index in [1.807, 2.05) is 6.07 Å². The Kier molecular flexibility index (Phi) is 8.73. The fraction of sp³-hybridized carbons (Fsp3) is 0.414. The molecule has 3 aliphatic heterocycles. The molecule has 0 aliphatic carbocycles. The lowest BCUT2D eigenvalue weighted by Gasteiger charge is -2.27. The summed E-state index contributed by atoms with van der Waals surface area (Å²) < 4.78 is 65.9. The first-order chi connectivity index (χ1) is 21.2. The Morgan fingerprint density at radius 1 is 1.00 bits per heavy atom. The van der Waals surface area contributed by atoms with Gasteiger partial charge in [-0.05, 0) is 36.2 Å². The van der Waals surface area contributed by atoms with Crippen molar-refractivity contribution in [3.05, 3.63) is 70.4 Å². The zero-order valence-corrected chi connectivity index (χ0v) is 24.6. The number of fused-ring (bicyclic) bond motifs is 1. The predicted octanol–water partition coefficient (Wildman–Crippen LogP) is 2.49. The molecule has 4 heterocycles. The summed E-state index contributed by atoms with van der Waals surface area (Å²) in [6, 6.07) is 7.38. The minimum atomic E-state index is -4.24. The molecular weight excluding hydrogens is 598 g/mol. The van der Waals surface area contributed by atoms with Crippen LogP contribution in [-0.2, 0) is 43.8 Å². The first-order valence-corrected chi connectivity index (χ1v) is 15.8. The number of hydrogen-bond acceptors (Lipinski definition) is 8. The maximum atomic E-state index is 13.8. The molecule has 3 aliphatic rings. The molecule has 3 N–H and O–H groups in total. The third-order valence-electron chi connectivity index (χ3n) is 8.00. The molecule has 44 heavy (non-hydrogen) atoms. The summed E-state index contributed by atoms with van der Waals surface area (Å²) in [6.45, 7) is 4.11. The first kappa shape index (κ1) is 30.3. The number of aromatic amines is 1. The van der Waals surface area contributed by atoms with Crippen LogP contribution in [0.2, 0.25) is 0 Å². The van der Waals surface area contributed by atoms with Gasteiger partial charge >= 0.3 is 0 Å². The van der Waals surface area contributed by atoms with Crippen molar-refractivity contribution in [2.75, 3.05) is 56.7 Å². The van der Waals surface area contributed by atoms with Crippen molar-refractivity contribution < 1.29 is 36.3 Å². The summed E-state index contributed by atoms with van der Waals surface area (Å²) in [4.78, 5) is 28.3. The second-order valence-corrected chi connectivity index (χ2v) is 12.9. The second kappa shape index (κ2) is 12.7. The van der Waals surface area contributed by atoms with Crippen LogP contribution in [0, 0.1) is 17.6 Å². The van der Waals surface area contributed by atoms with Crippen LogP contribution in [0.1, 0.15) is 33.6 Å². The zero-order chi connectivity index (χ0) is 30.8. The number of nitrogens with zero attached hydrogens (tertiary/aromatic N) is 3. The topological polar surface area (TPSA) is 146 Å².